The number of hydrogen-bond donors (Lipinski definition) is 2. The topological polar surface area (TPSA) is 81.4 Å². The van der Waals surface area contributed by atoms with Gasteiger partial charge in [0.1, 0.15) is 5.66 Å². The monoisotopic (exact) mass is 448 g/mol. The van der Waals surface area contributed by atoms with Crippen LogP contribution in [0.25, 0.3) is 16.2 Å². The number of nitrogens with two attached hydrogens (primary N) is 1. The number of rotatable bonds is 7. The molecule has 0 radical (unpaired) electrons. The van der Waals surface area contributed by atoms with E-state index in [0.717, 1.165) is 15.6 Å². The van der Waals surface area contributed by atoms with Crippen LogP contribution in [0.4, 0.5) is 5.69 Å². The van der Waals surface area contributed by atoms with Gasteiger partial charge in [0.15, 0.2) is 0 Å². The van der Waals surface area contributed by atoms with Crippen molar-refractivity contribution < 1.29 is 13.9 Å². The zero-order valence-electron chi connectivity index (χ0n) is 16.1. The van der Waals surface area contributed by atoms with Crippen LogP contribution in [0.15, 0.2) is 54.0 Å². The van der Waals surface area contributed by atoms with E-state index in [2.05, 4.69) is 5.32 Å². The third-order valence-electron chi connectivity index (χ3n) is 4.45. The first kappa shape index (κ1) is 21.6. The lowest BCUT2D eigenvalue weighted by Gasteiger charge is -2.22. The molecule has 0 saturated heterocycles. The molecule has 1 amide bonds. The highest BCUT2D eigenvalue weighted by atomic mass is 35.5. The molecular formula is C21H22ClN2O3PS. The van der Waals surface area contributed by atoms with Crippen molar-refractivity contribution in [3.63, 3.8) is 0 Å². The van der Waals surface area contributed by atoms with Crippen LogP contribution in [-0.2, 0) is 13.9 Å². The Bertz CT molecular complexity index is 1110. The van der Waals surface area contributed by atoms with Gasteiger partial charge < -0.3 is 15.6 Å². The minimum atomic E-state index is -3.30. The van der Waals surface area contributed by atoms with Gasteiger partial charge in [0, 0.05) is 28.3 Å². The lowest BCUT2D eigenvalue weighted by molar-refractivity contribution is -0.120. The van der Waals surface area contributed by atoms with Crippen LogP contribution in [0.2, 0.25) is 5.02 Å². The van der Waals surface area contributed by atoms with E-state index in [1.54, 1.807) is 31.2 Å². The van der Waals surface area contributed by atoms with E-state index in [-0.39, 0.29) is 6.61 Å². The molecule has 0 spiro atoms. The summed E-state index contributed by atoms with van der Waals surface area (Å²) in [4.78, 5) is 13.1. The fourth-order valence-corrected chi connectivity index (χ4v) is 6.25. The molecule has 0 saturated carbocycles. The van der Waals surface area contributed by atoms with Crippen molar-refractivity contribution in [2.24, 2.45) is 0 Å². The van der Waals surface area contributed by atoms with Gasteiger partial charge in [-0.3, -0.25) is 9.36 Å². The minimum Gasteiger partial charge on any atom is -0.398 e. The number of anilines is 1. The van der Waals surface area contributed by atoms with Crippen molar-refractivity contribution in [1.29, 1.82) is 0 Å². The zero-order chi connectivity index (χ0) is 21.0. The van der Waals surface area contributed by atoms with Gasteiger partial charge in [0.2, 0.25) is 13.3 Å². The van der Waals surface area contributed by atoms with Gasteiger partial charge in [-0.15, -0.1) is 11.3 Å². The maximum Gasteiger partial charge on any atom is 0.241 e. The predicted molar refractivity (Wildman–Crippen MR) is 123 cm³/mol. The Balaban J connectivity index is 1.95. The number of halogens is 1. The number of benzene rings is 2. The molecule has 2 unspecified atom stereocenters. The zero-order valence-corrected chi connectivity index (χ0v) is 18.6. The fourth-order valence-electron chi connectivity index (χ4n) is 3.13. The Hall–Kier alpha value is -2.11. The molecule has 29 heavy (non-hydrogen) atoms. The molecule has 3 N–H and O–H groups in total. The number of thiophene rings is 1. The maximum absolute atomic E-state index is 13.3. The summed E-state index contributed by atoms with van der Waals surface area (Å²) in [5.41, 5.74) is 7.00. The van der Waals surface area contributed by atoms with E-state index in [0.29, 0.717) is 16.3 Å². The highest BCUT2D eigenvalue weighted by Crippen LogP contribution is 2.58. The Labute approximate surface area is 179 Å². The van der Waals surface area contributed by atoms with Crippen molar-refractivity contribution in [2.75, 3.05) is 19.0 Å². The molecule has 3 aromatic rings. The first-order valence-corrected chi connectivity index (χ1v) is 12.4. The molecule has 5 nitrogen and oxygen atoms in total. The maximum atomic E-state index is 13.3. The van der Waals surface area contributed by atoms with Gasteiger partial charge >= 0.3 is 0 Å². The summed E-state index contributed by atoms with van der Waals surface area (Å²) >= 11 is 7.63. The third kappa shape index (κ3) is 4.90. The van der Waals surface area contributed by atoms with E-state index in [1.807, 2.05) is 29.6 Å². The first-order valence-electron chi connectivity index (χ1n) is 9.03. The Kier molecular flexibility index (Phi) is 6.81. The molecular weight excluding hydrogens is 427 g/mol. The SMILES string of the molecule is CCOP(C)(=O)C(C(=O)NC=Cc1ccccc1N)c1csc2ccc(Cl)cc12. The Morgan fingerprint density at radius 1 is 1.34 bits per heavy atom. The Morgan fingerprint density at radius 3 is 2.83 bits per heavy atom. The summed E-state index contributed by atoms with van der Waals surface area (Å²) in [6.45, 7) is 3.50. The number of nitrogens with one attached hydrogen (secondary N) is 1. The van der Waals surface area contributed by atoms with Gasteiger partial charge in [-0.2, -0.15) is 0 Å². The van der Waals surface area contributed by atoms with Crippen molar-refractivity contribution in [3.8, 4) is 0 Å². The predicted octanol–water partition coefficient (Wildman–Crippen LogP) is 5.91. The van der Waals surface area contributed by atoms with Crippen LogP contribution in [0.3, 0.4) is 0 Å². The van der Waals surface area contributed by atoms with Crippen LogP contribution in [0, 0.1) is 0 Å². The van der Waals surface area contributed by atoms with Crippen LogP contribution in [-0.4, -0.2) is 19.2 Å². The number of hydrogen-bond acceptors (Lipinski definition) is 5. The fraction of sp³-hybridized carbons (Fsp3) is 0.190. The highest BCUT2D eigenvalue weighted by Gasteiger charge is 2.38. The molecule has 2 atom stereocenters. The summed E-state index contributed by atoms with van der Waals surface area (Å²) in [5, 5.41) is 5.94. The van der Waals surface area contributed by atoms with E-state index in [9.17, 15) is 9.36 Å². The van der Waals surface area contributed by atoms with Crippen molar-refractivity contribution in [3.05, 3.63) is 70.2 Å². The van der Waals surface area contributed by atoms with Crippen LogP contribution in [0.5, 0.6) is 0 Å². The molecule has 0 aliphatic rings. The van der Waals surface area contributed by atoms with Crippen LogP contribution >= 0.6 is 30.3 Å². The normalized spacial score (nSPS) is 14.7. The lowest BCUT2D eigenvalue weighted by atomic mass is 10.1. The smallest absolute Gasteiger partial charge is 0.241 e. The molecule has 3 rings (SSSR count). The first-order chi connectivity index (χ1) is 13.8. The second-order valence-electron chi connectivity index (χ2n) is 6.53. The summed E-state index contributed by atoms with van der Waals surface area (Å²) in [6, 6.07) is 12.8. The number of carbonyl (C=O) groups excluding carboxylic acids is 1. The van der Waals surface area contributed by atoms with E-state index >= 15 is 0 Å². The van der Waals surface area contributed by atoms with Gasteiger partial charge in [-0.1, -0.05) is 29.8 Å². The van der Waals surface area contributed by atoms with Gasteiger partial charge in [0.25, 0.3) is 0 Å². The van der Waals surface area contributed by atoms with Crippen molar-refractivity contribution in [2.45, 2.75) is 12.6 Å². The molecule has 0 aliphatic heterocycles. The second-order valence-corrected chi connectivity index (χ2v) is 10.5. The number of para-hydroxylation sites is 1. The van der Waals surface area contributed by atoms with Crippen molar-refractivity contribution in [1.82, 2.24) is 5.32 Å². The largest absolute Gasteiger partial charge is 0.398 e. The lowest BCUT2D eigenvalue weighted by Crippen LogP contribution is -2.25. The molecule has 0 fully saturated rings. The highest BCUT2D eigenvalue weighted by molar-refractivity contribution is 7.59. The molecule has 8 heteroatoms. The summed E-state index contributed by atoms with van der Waals surface area (Å²) < 4.78 is 19.8. The molecule has 0 aliphatic carbocycles. The van der Waals surface area contributed by atoms with Gasteiger partial charge in [-0.05, 0) is 59.2 Å². The van der Waals surface area contributed by atoms with E-state index in [4.69, 9.17) is 21.9 Å². The number of carbonyl (C=O) groups is 1. The quantitative estimate of drug-likeness (QED) is 0.347. The average Bonchev–Trinajstić information content (AvgIpc) is 3.06. The molecule has 1 aromatic heterocycles. The number of amides is 1. The molecule has 0 bridgehead atoms. The standard InChI is InChI=1S/C21H22ClN2O3PS/c1-3-27-28(2,26)20(17-13-29-19-9-8-15(22)12-16(17)19)21(25)24-11-10-14-6-4-5-7-18(14)23/h4-13,20H,3,23H2,1-2H3,(H,24,25). The van der Waals surface area contributed by atoms with E-state index < -0.39 is 18.9 Å². The average molecular weight is 449 g/mol. The third-order valence-corrected chi connectivity index (χ3v) is 7.89. The summed E-state index contributed by atoms with van der Waals surface area (Å²) in [6.07, 6.45) is 3.21. The summed E-state index contributed by atoms with van der Waals surface area (Å²) in [5.74, 6) is -0.408. The molecule has 2 aromatic carbocycles. The minimum absolute atomic E-state index is 0.247. The van der Waals surface area contributed by atoms with Crippen LogP contribution in [0.1, 0.15) is 23.7 Å². The number of fused-ring (bicyclic) bond motifs is 1. The van der Waals surface area contributed by atoms with Gasteiger partial charge in [-0.25, -0.2) is 0 Å². The summed E-state index contributed by atoms with van der Waals surface area (Å²) in [7, 11) is -3.30. The number of nitrogen functional groups attached to an aromatic ring is 1. The van der Waals surface area contributed by atoms with Crippen LogP contribution < -0.4 is 11.1 Å². The second kappa shape index (κ2) is 9.14. The van der Waals surface area contributed by atoms with Crippen molar-refractivity contribution >= 4 is 58.1 Å². The molecule has 1 heterocycles. The Morgan fingerprint density at radius 2 is 2.10 bits per heavy atom. The van der Waals surface area contributed by atoms with E-state index in [1.165, 1.54) is 24.2 Å². The van der Waals surface area contributed by atoms with Gasteiger partial charge in [0.05, 0.1) is 6.61 Å². The molecule has 152 valence electrons.